The first-order valence-electron chi connectivity index (χ1n) is 14.8. The number of hydrogen-bond donors (Lipinski definition) is 3. The Balaban J connectivity index is 1.13. The summed E-state index contributed by atoms with van der Waals surface area (Å²) < 4.78 is 24.9. The molecule has 3 aromatic rings. The fraction of sp³-hybridized carbons (Fsp3) is 0.424. The van der Waals surface area contributed by atoms with Crippen molar-refractivity contribution in [2.75, 3.05) is 38.2 Å². The number of piperidine rings is 1. The number of carbonyl (C=O) groups excluding carboxylic acids is 1. The smallest absolute Gasteiger partial charge is 0.319 e. The summed E-state index contributed by atoms with van der Waals surface area (Å²) in [6.45, 7) is 4.34. The average Bonchev–Trinajstić information content (AvgIpc) is 3.50. The number of ether oxygens (including phenoxy) is 4. The summed E-state index contributed by atoms with van der Waals surface area (Å²) in [7, 11) is 0. The molecular weight excluding hydrogens is 534 g/mol. The molecule has 3 aromatic carbocycles. The molecule has 0 bridgehead atoms. The number of hydrogen-bond acceptors (Lipinski definition) is 7. The van der Waals surface area contributed by atoms with Crippen LogP contribution in [0.25, 0.3) is 0 Å². The number of benzene rings is 3. The maximum atomic E-state index is 12.6. The van der Waals surface area contributed by atoms with Crippen molar-refractivity contribution in [2.24, 2.45) is 0 Å². The van der Waals surface area contributed by atoms with Crippen LogP contribution >= 0.6 is 0 Å². The molecule has 1 spiro atoms. The van der Waals surface area contributed by atoms with Gasteiger partial charge in [0.05, 0.1) is 32.0 Å². The first-order chi connectivity index (χ1) is 20.6. The minimum atomic E-state index is -0.599. The molecule has 3 aliphatic rings. The van der Waals surface area contributed by atoms with Gasteiger partial charge in [-0.1, -0.05) is 66.7 Å². The third-order valence-electron chi connectivity index (χ3n) is 8.22. The zero-order valence-corrected chi connectivity index (χ0v) is 23.7. The van der Waals surface area contributed by atoms with Gasteiger partial charge in [0.15, 0.2) is 12.1 Å². The van der Waals surface area contributed by atoms with E-state index in [-0.39, 0.29) is 24.8 Å². The number of rotatable bonds is 8. The summed E-state index contributed by atoms with van der Waals surface area (Å²) in [5.41, 5.74) is 4.44. The lowest BCUT2D eigenvalue weighted by atomic mass is 9.98. The van der Waals surface area contributed by atoms with Crippen molar-refractivity contribution in [2.45, 2.75) is 56.7 Å². The summed E-state index contributed by atoms with van der Waals surface area (Å²) in [5.74, 6) is -0.409. The molecule has 3 N–H and O–H groups in total. The minimum Gasteiger partial charge on any atom is -0.392 e. The maximum absolute atomic E-state index is 12.6. The van der Waals surface area contributed by atoms with Crippen molar-refractivity contribution in [1.82, 2.24) is 10.2 Å². The highest BCUT2D eigenvalue weighted by Crippen LogP contribution is 2.39. The first-order valence-corrected chi connectivity index (χ1v) is 14.8. The molecule has 0 aliphatic carbocycles. The zero-order chi connectivity index (χ0) is 28.8. The van der Waals surface area contributed by atoms with Gasteiger partial charge in [0.1, 0.15) is 0 Å². The second-order valence-electron chi connectivity index (χ2n) is 11.2. The lowest BCUT2D eigenvalue weighted by Gasteiger charge is -2.41. The number of nitrogens with zero attached hydrogens (tertiary/aromatic N) is 1. The molecule has 6 rings (SSSR count). The number of likely N-dealkylation sites (tertiary alicyclic amines) is 1. The van der Waals surface area contributed by atoms with E-state index in [9.17, 15) is 9.90 Å². The molecule has 3 fully saturated rings. The van der Waals surface area contributed by atoms with Crippen molar-refractivity contribution >= 4 is 11.7 Å². The molecule has 3 aliphatic heterocycles. The van der Waals surface area contributed by atoms with Gasteiger partial charge in [-0.25, -0.2) is 4.79 Å². The highest BCUT2D eigenvalue weighted by molar-refractivity contribution is 5.89. The molecule has 0 unspecified atom stereocenters. The fourth-order valence-corrected chi connectivity index (χ4v) is 5.90. The monoisotopic (exact) mass is 573 g/mol. The van der Waals surface area contributed by atoms with E-state index in [1.807, 2.05) is 78.9 Å². The van der Waals surface area contributed by atoms with Crippen LogP contribution in [-0.2, 0) is 32.1 Å². The van der Waals surface area contributed by atoms with E-state index in [0.29, 0.717) is 31.9 Å². The Morgan fingerprint density at radius 1 is 0.881 bits per heavy atom. The van der Waals surface area contributed by atoms with Gasteiger partial charge in [0.2, 0.25) is 0 Å². The van der Waals surface area contributed by atoms with Crippen LogP contribution in [0, 0.1) is 0 Å². The van der Waals surface area contributed by atoms with Gasteiger partial charge in [0.25, 0.3) is 0 Å². The third-order valence-corrected chi connectivity index (χ3v) is 8.22. The Morgan fingerprint density at radius 3 is 2.38 bits per heavy atom. The summed E-state index contributed by atoms with van der Waals surface area (Å²) >= 11 is 0. The summed E-state index contributed by atoms with van der Waals surface area (Å²) in [5, 5.41) is 15.3. The first kappa shape index (κ1) is 28.8. The third kappa shape index (κ3) is 7.18. The van der Waals surface area contributed by atoms with E-state index < -0.39 is 12.1 Å². The number of carbonyl (C=O) groups is 1. The van der Waals surface area contributed by atoms with Gasteiger partial charge < -0.3 is 39.6 Å². The van der Waals surface area contributed by atoms with Crippen LogP contribution in [0.15, 0.2) is 78.9 Å². The largest absolute Gasteiger partial charge is 0.392 e. The van der Waals surface area contributed by atoms with Gasteiger partial charge >= 0.3 is 6.03 Å². The van der Waals surface area contributed by atoms with E-state index in [0.717, 1.165) is 54.7 Å². The number of urea groups is 1. The molecule has 3 heterocycles. The van der Waals surface area contributed by atoms with Crippen LogP contribution < -0.4 is 10.6 Å². The highest BCUT2D eigenvalue weighted by atomic mass is 16.7. The molecule has 0 saturated carbocycles. The molecule has 0 radical (unpaired) electrons. The number of amides is 2. The Kier molecular flexibility index (Phi) is 9.14. The van der Waals surface area contributed by atoms with Gasteiger partial charge in [0, 0.05) is 56.7 Å². The molecule has 2 amide bonds. The molecule has 0 aromatic heterocycles. The zero-order valence-electron chi connectivity index (χ0n) is 23.7. The Morgan fingerprint density at radius 2 is 1.64 bits per heavy atom. The van der Waals surface area contributed by atoms with Gasteiger partial charge in [-0.15, -0.1) is 0 Å². The molecule has 3 saturated heterocycles. The van der Waals surface area contributed by atoms with Crippen LogP contribution in [0.5, 0.6) is 0 Å². The van der Waals surface area contributed by atoms with Gasteiger partial charge in [-0.2, -0.15) is 0 Å². The molecule has 3 atom stereocenters. The number of aliphatic hydroxyl groups is 1. The topological polar surface area (TPSA) is 102 Å². The Labute approximate surface area is 246 Å². The summed E-state index contributed by atoms with van der Waals surface area (Å²) in [6.07, 6.45) is 1.58. The second kappa shape index (κ2) is 13.3. The maximum Gasteiger partial charge on any atom is 0.319 e. The van der Waals surface area contributed by atoms with Crippen LogP contribution in [0.4, 0.5) is 10.5 Å². The van der Waals surface area contributed by atoms with Gasteiger partial charge in [-0.3, -0.25) is 0 Å². The predicted octanol–water partition coefficient (Wildman–Crippen LogP) is 4.88. The predicted molar refractivity (Wildman–Crippen MR) is 157 cm³/mol. The lowest BCUT2D eigenvalue weighted by Crippen LogP contribution is -2.48. The molecule has 9 heteroatoms. The Bertz CT molecular complexity index is 1300. The van der Waals surface area contributed by atoms with Crippen molar-refractivity contribution < 1.29 is 28.8 Å². The molecular formula is C33H39N3O6. The minimum absolute atomic E-state index is 0.00274. The molecule has 222 valence electrons. The number of aliphatic hydroxyl groups excluding tert-OH is 1. The van der Waals surface area contributed by atoms with Crippen molar-refractivity contribution in [3.8, 4) is 0 Å². The Hall–Kier alpha value is -3.31. The van der Waals surface area contributed by atoms with Crippen LogP contribution in [0.3, 0.4) is 0 Å². The fourth-order valence-electron chi connectivity index (χ4n) is 5.90. The highest BCUT2D eigenvalue weighted by Gasteiger charge is 2.41. The van der Waals surface area contributed by atoms with Gasteiger partial charge in [-0.05, 0) is 28.8 Å². The normalized spacial score (nSPS) is 24.0. The van der Waals surface area contributed by atoms with Crippen LogP contribution in [-0.4, -0.2) is 60.8 Å². The summed E-state index contributed by atoms with van der Waals surface area (Å²) in [4.78, 5) is 15.0. The van der Waals surface area contributed by atoms with E-state index in [4.69, 9.17) is 18.9 Å². The number of anilines is 1. The standard InChI is InChI=1S/C33H39N3O6/c37-23-25-9-11-26(12-10-25)30-20-29(22-36-15-13-33(14-16-36)39-17-18-40-33)41-31(42-30)27-7-4-8-28(19-27)35-32(38)34-21-24-5-2-1-3-6-24/h1-12,19,29-31,37H,13-18,20-23H2,(H2,34,35,38)/t29-,30+,31+/m1/s1. The second-order valence-corrected chi connectivity index (χ2v) is 11.2. The van der Waals surface area contributed by atoms with E-state index in [1.54, 1.807) is 0 Å². The molecule has 42 heavy (non-hydrogen) atoms. The van der Waals surface area contributed by atoms with Crippen molar-refractivity contribution in [3.63, 3.8) is 0 Å². The summed E-state index contributed by atoms with van der Waals surface area (Å²) in [6, 6.07) is 25.0. The lowest BCUT2D eigenvalue weighted by molar-refractivity contribution is -0.255. The van der Waals surface area contributed by atoms with Crippen molar-refractivity contribution in [3.05, 3.63) is 101 Å². The molecule has 9 nitrogen and oxygen atoms in total. The van der Waals surface area contributed by atoms with Crippen LogP contribution in [0.1, 0.15) is 53.9 Å². The van der Waals surface area contributed by atoms with E-state index in [1.165, 1.54) is 0 Å². The SMILES string of the molecule is O=C(NCc1ccccc1)Nc1cccc([C@H]2O[C@@H](CN3CCC4(CC3)OCCO4)C[C@@H](c3ccc(CO)cc3)O2)c1. The van der Waals surface area contributed by atoms with E-state index in [2.05, 4.69) is 15.5 Å². The average molecular weight is 574 g/mol. The van der Waals surface area contributed by atoms with Crippen LogP contribution in [0.2, 0.25) is 0 Å². The van der Waals surface area contributed by atoms with E-state index >= 15 is 0 Å². The van der Waals surface area contributed by atoms with Crippen molar-refractivity contribution in [1.29, 1.82) is 0 Å². The quantitative estimate of drug-likeness (QED) is 0.353. The number of nitrogens with one attached hydrogen (secondary N) is 2.